The van der Waals surface area contributed by atoms with E-state index in [0.29, 0.717) is 21.6 Å². The second-order valence-corrected chi connectivity index (χ2v) is 9.06. The van der Waals surface area contributed by atoms with Gasteiger partial charge in [0.2, 0.25) is 11.8 Å². The third-order valence-electron chi connectivity index (χ3n) is 5.16. The number of nitrogens with one attached hydrogen (secondary N) is 3. The SMILES string of the molecule is Cc1cccc(CSc2nc3c(c(=O)[nH]2)[C@H](C(=O)Nc2cc(Cl)ccc2C)CC(=O)N3)c1. The van der Waals surface area contributed by atoms with Crippen LogP contribution in [0.25, 0.3) is 0 Å². The van der Waals surface area contributed by atoms with Gasteiger partial charge in [-0.15, -0.1) is 0 Å². The van der Waals surface area contributed by atoms with Crippen molar-refractivity contribution >= 4 is 46.7 Å². The Morgan fingerprint density at radius 2 is 2.03 bits per heavy atom. The number of carbonyl (C=O) groups is 2. The standard InChI is InChI=1S/C23H21ClN4O3S/c1-12-4-3-5-14(8-12)11-32-23-27-20-19(22(31)28-23)16(10-18(29)26-20)21(30)25-17-9-15(24)7-6-13(17)2/h3-9,16H,10-11H2,1-2H3,(H,25,30)(H2,26,27,28,29,31)/t16-/m1/s1. The van der Waals surface area contributed by atoms with Crippen molar-refractivity contribution in [1.29, 1.82) is 0 Å². The zero-order chi connectivity index (χ0) is 22.8. The number of carbonyl (C=O) groups excluding carboxylic acids is 2. The van der Waals surface area contributed by atoms with E-state index in [1.54, 1.807) is 18.2 Å². The number of aryl methyl sites for hydroxylation is 2. The lowest BCUT2D eigenvalue weighted by molar-refractivity contribution is -0.123. The maximum absolute atomic E-state index is 13.0. The van der Waals surface area contributed by atoms with E-state index in [0.717, 1.165) is 16.7 Å². The van der Waals surface area contributed by atoms with Crippen LogP contribution in [0, 0.1) is 13.8 Å². The highest BCUT2D eigenvalue weighted by Crippen LogP contribution is 2.31. The lowest BCUT2D eigenvalue weighted by atomic mass is 9.92. The molecule has 1 aromatic heterocycles. The zero-order valence-electron chi connectivity index (χ0n) is 17.5. The highest BCUT2D eigenvalue weighted by molar-refractivity contribution is 7.98. The molecule has 9 heteroatoms. The first-order chi connectivity index (χ1) is 15.3. The van der Waals surface area contributed by atoms with Crippen LogP contribution in [-0.4, -0.2) is 21.8 Å². The number of rotatable bonds is 5. The molecule has 1 aliphatic heterocycles. The van der Waals surface area contributed by atoms with Crippen LogP contribution in [0.3, 0.4) is 0 Å². The smallest absolute Gasteiger partial charge is 0.257 e. The molecule has 1 aliphatic rings. The summed E-state index contributed by atoms with van der Waals surface area (Å²) < 4.78 is 0. The Hall–Kier alpha value is -3.10. The molecular formula is C23H21ClN4O3S. The Bertz CT molecular complexity index is 1270. The number of H-pyrrole nitrogens is 1. The summed E-state index contributed by atoms with van der Waals surface area (Å²) in [4.78, 5) is 45.3. The molecule has 0 saturated carbocycles. The topological polar surface area (TPSA) is 104 Å². The summed E-state index contributed by atoms with van der Waals surface area (Å²) in [6, 6.07) is 13.2. The van der Waals surface area contributed by atoms with Gasteiger partial charge in [0.1, 0.15) is 5.82 Å². The molecule has 3 N–H and O–H groups in total. The van der Waals surface area contributed by atoms with Gasteiger partial charge < -0.3 is 15.6 Å². The highest BCUT2D eigenvalue weighted by Gasteiger charge is 2.35. The van der Waals surface area contributed by atoms with Crippen molar-refractivity contribution in [3.8, 4) is 0 Å². The molecule has 0 radical (unpaired) electrons. The molecule has 0 fully saturated rings. The van der Waals surface area contributed by atoms with Crippen molar-refractivity contribution in [3.05, 3.63) is 80.1 Å². The van der Waals surface area contributed by atoms with Gasteiger partial charge in [-0.25, -0.2) is 4.98 Å². The van der Waals surface area contributed by atoms with E-state index in [2.05, 4.69) is 26.7 Å². The predicted octanol–water partition coefficient (Wildman–Crippen LogP) is 4.40. The van der Waals surface area contributed by atoms with Gasteiger partial charge in [0.15, 0.2) is 5.16 Å². The van der Waals surface area contributed by atoms with Gasteiger partial charge >= 0.3 is 0 Å². The average molecular weight is 469 g/mol. The monoisotopic (exact) mass is 468 g/mol. The van der Waals surface area contributed by atoms with Crippen LogP contribution in [0.2, 0.25) is 5.02 Å². The summed E-state index contributed by atoms with van der Waals surface area (Å²) in [5.74, 6) is -1.05. The molecule has 1 atom stereocenters. The van der Waals surface area contributed by atoms with E-state index < -0.39 is 17.4 Å². The second kappa shape index (κ2) is 9.18. The molecular weight excluding hydrogens is 448 g/mol. The molecule has 7 nitrogen and oxygen atoms in total. The van der Waals surface area contributed by atoms with Gasteiger partial charge in [-0.1, -0.05) is 59.3 Å². The maximum atomic E-state index is 13.0. The second-order valence-electron chi connectivity index (χ2n) is 7.66. The van der Waals surface area contributed by atoms with Crippen LogP contribution < -0.4 is 16.2 Å². The van der Waals surface area contributed by atoms with E-state index in [9.17, 15) is 14.4 Å². The number of thioether (sulfide) groups is 1. The van der Waals surface area contributed by atoms with Crippen molar-refractivity contribution in [3.63, 3.8) is 0 Å². The Balaban J connectivity index is 1.59. The Labute approximate surface area is 194 Å². The number of aromatic nitrogens is 2. The number of amides is 2. The number of benzene rings is 2. The molecule has 2 amide bonds. The van der Waals surface area contributed by atoms with Crippen LogP contribution in [0.1, 0.15) is 34.6 Å². The summed E-state index contributed by atoms with van der Waals surface area (Å²) in [6.45, 7) is 3.85. The van der Waals surface area contributed by atoms with Crippen LogP contribution >= 0.6 is 23.4 Å². The molecule has 3 aromatic rings. The van der Waals surface area contributed by atoms with Crippen LogP contribution in [0.5, 0.6) is 0 Å². The molecule has 0 aliphatic carbocycles. The van der Waals surface area contributed by atoms with E-state index in [-0.39, 0.29) is 23.7 Å². The van der Waals surface area contributed by atoms with E-state index in [1.165, 1.54) is 11.8 Å². The third-order valence-corrected chi connectivity index (χ3v) is 6.34. The van der Waals surface area contributed by atoms with Gasteiger partial charge in [-0.2, -0.15) is 0 Å². The van der Waals surface area contributed by atoms with Crippen LogP contribution in [-0.2, 0) is 15.3 Å². The number of hydrogen-bond donors (Lipinski definition) is 3. The molecule has 0 saturated heterocycles. The fourth-order valence-corrected chi connectivity index (χ4v) is 4.52. The average Bonchev–Trinajstić information content (AvgIpc) is 2.74. The summed E-state index contributed by atoms with van der Waals surface area (Å²) in [7, 11) is 0. The summed E-state index contributed by atoms with van der Waals surface area (Å²) in [5, 5.41) is 6.27. The minimum atomic E-state index is -0.954. The number of fused-ring (bicyclic) bond motifs is 1. The Morgan fingerprint density at radius 1 is 1.22 bits per heavy atom. The van der Waals surface area contributed by atoms with Crippen molar-refractivity contribution in [1.82, 2.24) is 9.97 Å². The van der Waals surface area contributed by atoms with Crippen LogP contribution in [0.4, 0.5) is 11.5 Å². The number of hydrogen-bond acceptors (Lipinski definition) is 5. The Morgan fingerprint density at radius 3 is 2.81 bits per heavy atom. The fraction of sp³-hybridized carbons (Fsp3) is 0.217. The van der Waals surface area contributed by atoms with Crippen LogP contribution in [0.15, 0.2) is 52.4 Å². The fourth-order valence-electron chi connectivity index (χ4n) is 3.55. The lowest BCUT2D eigenvalue weighted by Gasteiger charge is -2.24. The van der Waals surface area contributed by atoms with Gasteiger partial charge in [0, 0.05) is 22.9 Å². The summed E-state index contributed by atoms with van der Waals surface area (Å²) >= 11 is 7.39. The number of anilines is 2. The normalized spacial score (nSPS) is 15.1. The Kier molecular flexibility index (Phi) is 6.34. The largest absolute Gasteiger partial charge is 0.325 e. The number of nitrogens with zero attached hydrogens (tertiary/aromatic N) is 1. The first-order valence-corrected chi connectivity index (χ1v) is 11.4. The summed E-state index contributed by atoms with van der Waals surface area (Å²) in [6.07, 6.45) is -0.140. The molecule has 32 heavy (non-hydrogen) atoms. The van der Waals surface area contributed by atoms with Crippen molar-refractivity contribution < 1.29 is 9.59 Å². The van der Waals surface area contributed by atoms with E-state index >= 15 is 0 Å². The number of halogens is 1. The lowest BCUT2D eigenvalue weighted by Crippen LogP contribution is -2.36. The summed E-state index contributed by atoms with van der Waals surface area (Å²) in [5.41, 5.74) is 3.30. The highest BCUT2D eigenvalue weighted by atomic mass is 35.5. The van der Waals surface area contributed by atoms with Gasteiger partial charge in [-0.3, -0.25) is 14.4 Å². The van der Waals surface area contributed by atoms with E-state index in [4.69, 9.17) is 11.6 Å². The first-order valence-electron chi connectivity index (χ1n) is 9.99. The molecule has 0 spiro atoms. The maximum Gasteiger partial charge on any atom is 0.257 e. The molecule has 4 rings (SSSR count). The third kappa shape index (κ3) is 4.87. The first kappa shape index (κ1) is 22.1. The van der Waals surface area contributed by atoms with Gasteiger partial charge in [0.25, 0.3) is 5.56 Å². The van der Waals surface area contributed by atoms with Crippen molar-refractivity contribution in [2.45, 2.75) is 37.1 Å². The molecule has 0 unspecified atom stereocenters. The van der Waals surface area contributed by atoms with Crippen molar-refractivity contribution in [2.24, 2.45) is 0 Å². The molecule has 0 bridgehead atoms. The quantitative estimate of drug-likeness (QED) is 0.380. The molecule has 2 heterocycles. The van der Waals surface area contributed by atoms with Gasteiger partial charge in [-0.05, 0) is 37.1 Å². The number of aromatic amines is 1. The minimum absolute atomic E-state index is 0.125. The van der Waals surface area contributed by atoms with Gasteiger partial charge in [0.05, 0.1) is 11.5 Å². The van der Waals surface area contributed by atoms with Crippen molar-refractivity contribution in [2.75, 3.05) is 10.6 Å². The zero-order valence-corrected chi connectivity index (χ0v) is 19.1. The molecule has 2 aromatic carbocycles. The predicted molar refractivity (Wildman–Crippen MR) is 126 cm³/mol. The minimum Gasteiger partial charge on any atom is -0.325 e. The van der Waals surface area contributed by atoms with E-state index in [1.807, 2.05) is 32.0 Å². The molecule has 164 valence electrons.